The highest BCUT2D eigenvalue weighted by atomic mass is 16.5. The van der Waals surface area contributed by atoms with Crippen LogP contribution in [0.5, 0.6) is 11.5 Å². The predicted octanol–water partition coefficient (Wildman–Crippen LogP) is 4.69. The van der Waals surface area contributed by atoms with Crippen LogP contribution in [0.4, 0.5) is 0 Å². The highest BCUT2D eigenvalue weighted by Crippen LogP contribution is 2.26. The molecule has 0 bridgehead atoms. The summed E-state index contributed by atoms with van der Waals surface area (Å²) in [5, 5.41) is 0. The molecule has 0 N–H and O–H groups in total. The summed E-state index contributed by atoms with van der Waals surface area (Å²) >= 11 is 0. The third kappa shape index (κ3) is 3.22. The fourth-order valence-corrected chi connectivity index (χ4v) is 1.86. The largest absolute Gasteiger partial charge is 0.457 e. The average Bonchev–Trinajstić information content (AvgIpc) is 2.43. The molecule has 0 amide bonds. The Morgan fingerprint density at radius 2 is 1.74 bits per heavy atom. The Morgan fingerprint density at radius 1 is 1.05 bits per heavy atom. The van der Waals surface area contributed by atoms with E-state index in [1.54, 1.807) is 0 Å². The van der Waals surface area contributed by atoms with Crippen molar-refractivity contribution in [2.45, 2.75) is 27.2 Å². The molecule has 2 aromatic rings. The lowest BCUT2D eigenvalue weighted by Gasteiger charge is -2.10. The van der Waals surface area contributed by atoms with Gasteiger partial charge in [-0.15, -0.1) is 0 Å². The molecule has 2 heteroatoms. The number of aryl methyl sites for hydroxylation is 2. The van der Waals surface area contributed by atoms with Crippen LogP contribution < -0.4 is 4.74 Å². The zero-order valence-electron chi connectivity index (χ0n) is 11.6. The van der Waals surface area contributed by atoms with E-state index in [2.05, 4.69) is 6.07 Å². The molecule has 0 aromatic heterocycles. The Bertz CT molecular complexity index is 583. The Kier molecular flexibility index (Phi) is 4.00. The van der Waals surface area contributed by atoms with E-state index < -0.39 is 0 Å². The second kappa shape index (κ2) is 5.70. The highest BCUT2D eigenvalue weighted by Gasteiger charge is 2.05. The van der Waals surface area contributed by atoms with Crippen molar-refractivity contribution in [3.63, 3.8) is 0 Å². The lowest BCUT2D eigenvalue weighted by Crippen LogP contribution is -1.96. The van der Waals surface area contributed by atoms with Gasteiger partial charge in [0.1, 0.15) is 11.5 Å². The smallest absolute Gasteiger partial charge is 0.162 e. The molecular weight excluding hydrogens is 236 g/mol. The zero-order valence-corrected chi connectivity index (χ0v) is 11.6. The van der Waals surface area contributed by atoms with Gasteiger partial charge in [-0.1, -0.05) is 19.1 Å². The molecule has 2 aromatic carbocycles. The molecule has 2 rings (SSSR count). The summed E-state index contributed by atoms with van der Waals surface area (Å²) < 4.78 is 5.85. The van der Waals surface area contributed by atoms with Gasteiger partial charge in [0.15, 0.2) is 5.78 Å². The minimum atomic E-state index is 0.151. The molecule has 2 nitrogen and oxygen atoms in total. The summed E-state index contributed by atoms with van der Waals surface area (Å²) in [5.74, 6) is 1.76. The van der Waals surface area contributed by atoms with E-state index in [1.807, 2.05) is 57.2 Å². The monoisotopic (exact) mass is 254 g/mol. The summed E-state index contributed by atoms with van der Waals surface area (Å²) in [6, 6.07) is 13.4. The standard InChI is InChI=1S/C17H18O2/c1-4-16(18)14-7-9-15(10-8-14)19-17-11-12(2)5-6-13(17)3/h5-11H,4H2,1-3H3. The number of carbonyl (C=O) groups is 1. The number of hydrogen-bond acceptors (Lipinski definition) is 2. The second-order valence-electron chi connectivity index (χ2n) is 4.67. The molecule has 0 spiro atoms. The van der Waals surface area contributed by atoms with Crippen molar-refractivity contribution in [1.29, 1.82) is 0 Å². The van der Waals surface area contributed by atoms with Crippen LogP contribution in [0.25, 0.3) is 0 Å². The van der Waals surface area contributed by atoms with E-state index in [0.29, 0.717) is 6.42 Å². The molecule has 0 aliphatic rings. The minimum absolute atomic E-state index is 0.151. The molecule has 0 heterocycles. The summed E-state index contributed by atoms with van der Waals surface area (Å²) in [5.41, 5.74) is 2.99. The van der Waals surface area contributed by atoms with E-state index in [1.165, 1.54) is 5.56 Å². The number of ether oxygens (including phenoxy) is 1. The van der Waals surface area contributed by atoms with E-state index in [9.17, 15) is 4.79 Å². The van der Waals surface area contributed by atoms with Gasteiger partial charge in [-0.2, -0.15) is 0 Å². The maximum Gasteiger partial charge on any atom is 0.162 e. The van der Waals surface area contributed by atoms with Crippen molar-refractivity contribution < 1.29 is 9.53 Å². The summed E-state index contributed by atoms with van der Waals surface area (Å²) in [4.78, 5) is 11.5. The Balaban J connectivity index is 2.19. The summed E-state index contributed by atoms with van der Waals surface area (Å²) in [7, 11) is 0. The molecule has 19 heavy (non-hydrogen) atoms. The third-order valence-corrected chi connectivity index (χ3v) is 3.07. The molecule has 0 saturated heterocycles. The molecule has 0 atom stereocenters. The fraction of sp³-hybridized carbons (Fsp3) is 0.235. The quantitative estimate of drug-likeness (QED) is 0.740. The molecule has 0 fully saturated rings. The number of carbonyl (C=O) groups excluding carboxylic acids is 1. The van der Waals surface area contributed by atoms with Crippen molar-refractivity contribution in [2.75, 3.05) is 0 Å². The minimum Gasteiger partial charge on any atom is -0.457 e. The number of Topliss-reactive ketones (excluding diaryl/α,β-unsaturated/α-hetero) is 1. The Morgan fingerprint density at radius 3 is 2.37 bits per heavy atom. The van der Waals surface area contributed by atoms with E-state index in [-0.39, 0.29) is 5.78 Å². The first-order chi connectivity index (χ1) is 9.10. The lowest BCUT2D eigenvalue weighted by atomic mass is 10.1. The molecule has 0 aliphatic carbocycles. The van der Waals surface area contributed by atoms with Crippen LogP contribution in [0.1, 0.15) is 34.8 Å². The summed E-state index contributed by atoms with van der Waals surface area (Å²) in [6.45, 7) is 5.92. The maximum atomic E-state index is 11.5. The van der Waals surface area contributed by atoms with Gasteiger partial charge in [0, 0.05) is 12.0 Å². The molecule has 98 valence electrons. The van der Waals surface area contributed by atoms with Crippen LogP contribution in [0.15, 0.2) is 42.5 Å². The maximum absolute atomic E-state index is 11.5. The zero-order chi connectivity index (χ0) is 13.8. The van der Waals surface area contributed by atoms with Gasteiger partial charge in [0.2, 0.25) is 0 Å². The van der Waals surface area contributed by atoms with Gasteiger partial charge >= 0.3 is 0 Å². The third-order valence-electron chi connectivity index (χ3n) is 3.07. The van der Waals surface area contributed by atoms with E-state index in [0.717, 1.165) is 22.6 Å². The number of benzene rings is 2. The number of hydrogen-bond donors (Lipinski definition) is 0. The van der Waals surface area contributed by atoms with Crippen LogP contribution >= 0.6 is 0 Å². The van der Waals surface area contributed by atoms with Crippen molar-refractivity contribution in [1.82, 2.24) is 0 Å². The van der Waals surface area contributed by atoms with Gasteiger partial charge in [-0.25, -0.2) is 0 Å². The van der Waals surface area contributed by atoms with Gasteiger partial charge in [0.25, 0.3) is 0 Å². The highest BCUT2D eigenvalue weighted by molar-refractivity contribution is 5.95. The first kappa shape index (κ1) is 13.3. The normalized spacial score (nSPS) is 10.3. The van der Waals surface area contributed by atoms with Crippen LogP contribution in [-0.4, -0.2) is 5.78 Å². The van der Waals surface area contributed by atoms with Crippen LogP contribution in [0, 0.1) is 13.8 Å². The van der Waals surface area contributed by atoms with E-state index >= 15 is 0 Å². The molecular formula is C17H18O2. The topological polar surface area (TPSA) is 26.3 Å². The van der Waals surface area contributed by atoms with Gasteiger partial charge < -0.3 is 4.74 Å². The first-order valence-electron chi connectivity index (χ1n) is 6.48. The van der Waals surface area contributed by atoms with Crippen molar-refractivity contribution in [2.24, 2.45) is 0 Å². The van der Waals surface area contributed by atoms with Gasteiger partial charge in [-0.05, 0) is 55.3 Å². The second-order valence-corrected chi connectivity index (χ2v) is 4.67. The first-order valence-corrected chi connectivity index (χ1v) is 6.48. The van der Waals surface area contributed by atoms with Crippen LogP contribution in [0.2, 0.25) is 0 Å². The SMILES string of the molecule is CCC(=O)c1ccc(Oc2cc(C)ccc2C)cc1. The van der Waals surface area contributed by atoms with Crippen LogP contribution in [-0.2, 0) is 0 Å². The fourth-order valence-electron chi connectivity index (χ4n) is 1.86. The molecule has 0 unspecified atom stereocenters. The molecule has 0 saturated carbocycles. The summed E-state index contributed by atoms with van der Waals surface area (Å²) in [6.07, 6.45) is 0.525. The molecule has 0 radical (unpaired) electrons. The van der Waals surface area contributed by atoms with Gasteiger partial charge in [-0.3, -0.25) is 4.79 Å². The number of rotatable bonds is 4. The van der Waals surface area contributed by atoms with Crippen molar-refractivity contribution in [3.8, 4) is 11.5 Å². The van der Waals surface area contributed by atoms with Crippen molar-refractivity contribution >= 4 is 5.78 Å². The Hall–Kier alpha value is -2.09. The molecule has 0 aliphatic heterocycles. The van der Waals surface area contributed by atoms with E-state index in [4.69, 9.17) is 4.74 Å². The van der Waals surface area contributed by atoms with Crippen molar-refractivity contribution in [3.05, 3.63) is 59.2 Å². The lowest BCUT2D eigenvalue weighted by molar-refractivity contribution is 0.0988. The predicted molar refractivity (Wildman–Crippen MR) is 77.1 cm³/mol. The number of ketones is 1. The van der Waals surface area contributed by atoms with Crippen LogP contribution in [0.3, 0.4) is 0 Å². The van der Waals surface area contributed by atoms with Gasteiger partial charge in [0.05, 0.1) is 0 Å². The Labute approximate surface area is 114 Å². The average molecular weight is 254 g/mol.